The number of imide groups is 1. The number of rotatable bonds is 2. The summed E-state index contributed by atoms with van der Waals surface area (Å²) in [6.45, 7) is 1.77. The highest BCUT2D eigenvalue weighted by molar-refractivity contribution is 9.10. The molecule has 0 saturated carbocycles. The zero-order valence-electron chi connectivity index (χ0n) is 13.8. The van der Waals surface area contributed by atoms with Crippen LogP contribution in [0.1, 0.15) is 18.9 Å². The van der Waals surface area contributed by atoms with Crippen molar-refractivity contribution in [3.63, 3.8) is 0 Å². The lowest BCUT2D eigenvalue weighted by atomic mass is 9.87. The Bertz CT molecular complexity index is 864. The second-order valence-electron chi connectivity index (χ2n) is 6.14. The fourth-order valence-corrected chi connectivity index (χ4v) is 3.78. The number of anilines is 1. The number of aromatic nitrogens is 2. The number of amides is 3. The molecule has 2 aromatic rings. The normalized spacial score (nSPS) is 21.2. The second-order valence-corrected chi connectivity index (χ2v) is 7.46. The van der Waals surface area contributed by atoms with E-state index in [0.29, 0.717) is 4.47 Å². The molecular formula is C16H15BrClFN4O2. The van der Waals surface area contributed by atoms with Crippen LogP contribution in [0, 0.1) is 5.82 Å². The minimum Gasteiger partial charge on any atom is -0.317 e. The van der Waals surface area contributed by atoms with Crippen molar-refractivity contribution in [2.24, 2.45) is 7.05 Å². The highest BCUT2D eigenvalue weighted by Gasteiger charge is 2.48. The van der Waals surface area contributed by atoms with E-state index >= 15 is 0 Å². The lowest BCUT2D eigenvalue weighted by Gasteiger charge is -2.45. The molecule has 0 radical (unpaired) electrons. The standard InChI is InChI=1S/C16H15BrClFN4O2/c1-16(9-7-20-21(2)8-9)6-13(24)23(15(25)22(16)3)14-11(18)4-10(17)5-12(14)19/h4-5,7-8H,6H2,1-3H3/t16-/m0/s1. The Balaban J connectivity index is 2.05. The fraction of sp³-hybridized carbons (Fsp3) is 0.312. The van der Waals surface area contributed by atoms with E-state index in [4.69, 9.17) is 11.6 Å². The summed E-state index contributed by atoms with van der Waals surface area (Å²) < 4.78 is 16.4. The van der Waals surface area contributed by atoms with Gasteiger partial charge in [-0.1, -0.05) is 27.5 Å². The third-order valence-corrected chi connectivity index (χ3v) is 5.24. The molecule has 25 heavy (non-hydrogen) atoms. The predicted octanol–water partition coefficient (Wildman–Crippen LogP) is 3.68. The van der Waals surface area contributed by atoms with Crippen LogP contribution in [0.15, 0.2) is 29.0 Å². The van der Waals surface area contributed by atoms with Gasteiger partial charge < -0.3 is 4.90 Å². The van der Waals surface area contributed by atoms with E-state index in [-0.39, 0.29) is 17.1 Å². The first kappa shape index (κ1) is 17.9. The number of benzene rings is 1. The number of nitrogens with zero attached hydrogens (tertiary/aromatic N) is 4. The van der Waals surface area contributed by atoms with Crippen LogP contribution in [-0.4, -0.2) is 33.7 Å². The molecule has 3 rings (SSSR count). The van der Waals surface area contributed by atoms with E-state index in [0.717, 1.165) is 16.5 Å². The molecule has 1 aliphatic heterocycles. The van der Waals surface area contributed by atoms with Gasteiger partial charge in [-0.3, -0.25) is 9.48 Å². The van der Waals surface area contributed by atoms with E-state index in [9.17, 15) is 14.0 Å². The molecule has 0 unspecified atom stereocenters. The summed E-state index contributed by atoms with van der Waals surface area (Å²) in [4.78, 5) is 27.8. The molecular weight excluding hydrogens is 415 g/mol. The van der Waals surface area contributed by atoms with Gasteiger partial charge in [-0.15, -0.1) is 0 Å². The number of carbonyl (C=O) groups is 2. The fourth-order valence-electron chi connectivity index (χ4n) is 2.92. The molecule has 1 saturated heterocycles. The number of carbonyl (C=O) groups excluding carboxylic acids is 2. The van der Waals surface area contributed by atoms with Gasteiger partial charge >= 0.3 is 6.03 Å². The van der Waals surface area contributed by atoms with Crippen LogP contribution < -0.4 is 4.90 Å². The van der Waals surface area contributed by atoms with Crippen LogP contribution in [0.4, 0.5) is 14.9 Å². The number of hydrogen-bond donors (Lipinski definition) is 0. The lowest BCUT2D eigenvalue weighted by molar-refractivity contribution is -0.122. The summed E-state index contributed by atoms with van der Waals surface area (Å²) >= 11 is 9.22. The van der Waals surface area contributed by atoms with Gasteiger partial charge in [0.25, 0.3) is 0 Å². The van der Waals surface area contributed by atoms with Gasteiger partial charge in [-0.05, 0) is 19.1 Å². The average Bonchev–Trinajstić information content (AvgIpc) is 2.95. The third kappa shape index (κ3) is 2.83. The first-order valence-corrected chi connectivity index (χ1v) is 8.56. The van der Waals surface area contributed by atoms with Crippen molar-refractivity contribution in [2.45, 2.75) is 18.9 Å². The SMILES string of the molecule is CN1C(=O)N(c2c(F)cc(Br)cc2Cl)C(=O)C[C@@]1(C)c1cnn(C)c1. The highest BCUT2D eigenvalue weighted by atomic mass is 79.9. The number of aryl methyl sites for hydroxylation is 1. The molecule has 1 fully saturated rings. The zero-order valence-corrected chi connectivity index (χ0v) is 16.1. The van der Waals surface area contributed by atoms with Gasteiger partial charge in [0.2, 0.25) is 5.91 Å². The second kappa shape index (κ2) is 6.10. The molecule has 0 N–H and O–H groups in total. The van der Waals surface area contributed by atoms with Crippen LogP contribution in [0.2, 0.25) is 5.02 Å². The number of halogens is 3. The summed E-state index contributed by atoms with van der Waals surface area (Å²) in [5, 5.41) is 4.08. The largest absolute Gasteiger partial charge is 0.331 e. The van der Waals surface area contributed by atoms with Crippen LogP contribution in [0.3, 0.4) is 0 Å². The van der Waals surface area contributed by atoms with Gasteiger partial charge in [0.15, 0.2) is 0 Å². The maximum atomic E-state index is 14.4. The Morgan fingerprint density at radius 2 is 2.00 bits per heavy atom. The molecule has 6 nitrogen and oxygen atoms in total. The van der Waals surface area contributed by atoms with E-state index in [1.54, 1.807) is 38.1 Å². The van der Waals surface area contributed by atoms with Crippen molar-refractivity contribution >= 4 is 45.2 Å². The van der Waals surface area contributed by atoms with E-state index in [1.165, 1.54) is 11.0 Å². The van der Waals surface area contributed by atoms with E-state index < -0.39 is 23.3 Å². The summed E-state index contributed by atoms with van der Waals surface area (Å²) in [6, 6.07) is 1.96. The van der Waals surface area contributed by atoms with Crippen LogP contribution in [0.5, 0.6) is 0 Å². The average molecular weight is 430 g/mol. The van der Waals surface area contributed by atoms with Crippen molar-refractivity contribution < 1.29 is 14.0 Å². The van der Waals surface area contributed by atoms with Crippen molar-refractivity contribution in [3.8, 4) is 0 Å². The lowest BCUT2D eigenvalue weighted by Crippen LogP contribution is -2.60. The first-order chi connectivity index (χ1) is 11.6. The minimum atomic E-state index is -0.878. The van der Waals surface area contributed by atoms with Crippen molar-refractivity contribution in [2.75, 3.05) is 11.9 Å². The van der Waals surface area contributed by atoms with Gasteiger partial charge in [0, 0.05) is 30.3 Å². The van der Waals surface area contributed by atoms with Gasteiger partial charge in [0.1, 0.15) is 11.5 Å². The molecule has 0 bridgehead atoms. The topological polar surface area (TPSA) is 58.4 Å². The van der Waals surface area contributed by atoms with Crippen LogP contribution in [-0.2, 0) is 17.4 Å². The third-order valence-electron chi connectivity index (χ3n) is 4.50. The van der Waals surface area contributed by atoms with Crippen molar-refractivity contribution in [3.05, 3.63) is 45.4 Å². The maximum Gasteiger partial charge on any atom is 0.331 e. The molecule has 1 atom stereocenters. The Hall–Kier alpha value is -1.93. The Labute approximate surface area is 157 Å². The summed E-state index contributed by atoms with van der Waals surface area (Å²) in [5.41, 5.74) is -0.391. The predicted molar refractivity (Wildman–Crippen MR) is 94.9 cm³/mol. The molecule has 2 heterocycles. The molecule has 3 amide bonds. The van der Waals surface area contributed by atoms with Gasteiger partial charge in [-0.2, -0.15) is 5.10 Å². The summed E-state index contributed by atoms with van der Waals surface area (Å²) in [7, 11) is 3.32. The van der Waals surface area contributed by atoms with Crippen molar-refractivity contribution in [1.82, 2.24) is 14.7 Å². The monoisotopic (exact) mass is 428 g/mol. The maximum absolute atomic E-state index is 14.4. The molecule has 0 aliphatic carbocycles. The Morgan fingerprint density at radius 3 is 2.56 bits per heavy atom. The molecule has 0 spiro atoms. The molecule has 1 aromatic heterocycles. The van der Waals surface area contributed by atoms with Gasteiger partial charge in [-0.25, -0.2) is 14.1 Å². The van der Waals surface area contributed by atoms with Crippen LogP contribution >= 0.6 is 27.5 Å². The Morgan fingerprint density at radius 1 is 1.32 bits per heavy atom. The number of hydrogen-bond acceptors (Lipinski definition) is 3. The summed E-state index contributed by atoms with van der Waals surface area (Å²) in [6.07, 6.45) is 3.34. The Kier molecular flexibility index (Phi) is 4.36. The first-order valence-electron chi connectivity index (χ1n) is 7.39. The van der Waals surface area contributed by atoms with Crippen molar-refractivity contribution in [1.29, 1.82) is 0 Å². The quantitative estimate of drug-likeness (QED) is 0.732. The minimum absolute atomic E-state index is 0.0211. The smallest absolute Gasteiger partial charge is 0.317 e. The summed E-state index contributed by atoms with van der Waals surface area (Å²) in [5.74, 6) is -1.28. The van der Waals surface area contributed by atoms with Gasteiger partial charge in [0.05, 0.1) is 23.2 Å². The molecule has 132 valence electrons. The molecule has 1 aliphatic rings. The van der Waals surface area contributed by atoms with E-state index in [2.05, 4.69) is 21.0 Å². The molecule has 9 heteroatoms. The van der Waals surface area contributed by atoms with E-state index in [1.807, 2.05) is 0 Å². The zero-order chi connectivity index (χ0) is 18.5. The highest BCUT2D eigenvalue weighted by Crippen LogP contribution is 2.40. The number of urea groups is 1. The van der Waals surface area contributed by atoms with Crippen LogP contribution in [0.25, 0.3) is 0 Å². The molecule has 1 aromatic carbocycles.